The summed E-state index contributed by atoms with van der Waals surface area (Å²) < 4.78 is 0.861. The molecular formula is C17H24N2OS2. The first-order chi connectivity index (χ1) is 10.7. The van der Waals surface area contributed by atoms with E-state index in [1.807, 2.05) is 18.2 Å². The maximum Gasteiger partial charge on any atom is 0.230 e. The maximum absolute atomic E-state index is 12.2. The van der Waals surface area contributed by atoms with Gasteiger partial charge >= 0.3 is 0 Å². The fraction of sp³-hybridized carbons (Fsp3) is 0.529. The normalized spacial score (nSPS) is 15.6. The minimum atomic E-state index is 0.0637. The fourth-order valence-corrected chi connectivity index (χ4v) is 3.71. The molecule has 1 aliphatic heterocycles. The lowest BCUT2D eigenvalue weighted by Crippen LogP contribution is -2.31. The van der Waals surface area contributed by atoms with Gasteiger partial charge in [0.2, 0.25) is 5.91 Å². The van der Waals surface area contributed by atoms with E-state index in [1.165, 1.54) is 30.2 Å². The van der Waals surface area contributed by atoms with Crippen molar-refractivity contribution in [3.05, 3.63) is 35.9 Å². The Kier molecular flexibility index (Phi) is 7.19. The van der Waals surface area contributed by atoms with Crippen LogP contribution in [0.2, 0.25) is 0 Å². The van der Waals surface area contributed by atoms with E-state index in [9.17, 15) is 4.79 Å². The first-order valence-electron chi connectivity index (χ1n) is 7.96. The molecule has 1 unspecified atom stereocenters. The minimum Gasteiger partial charge on any atom is -0.358 e. The summed E-state index contributed by atoms with van der Waals surface area (Å²) in [6, 6.07) is 10.3. The highest BCUT2D eigenvalue weighted by Gasteiger charge is 2.18. The summed E-state index contributed by atoms with van der Waals surface area (Å²) in [6.45, 7) is 4.21. The molecular weight excluding hydrogens is 312 g/mol. The number of carbonyl (C=O) groups is 1. The zero-order valence-corrected chi connectivity index (χ0v) is 14.7. The Balaban J connectivity index is 1.82. The fourth-order valence-electron chi connectivity index (χ4n) is 2.65. The van der Waals surface area contributed by atoms with Crippen molar-refractivity contribution in [2.24, 2.45) is 0 Å². The van der Waals surface area contributed by atoms with Crippen LogP contribution in [0.1, 0.15) is 44.2 Å². The lowest BCUT2D eigenvalue weighted by atomic mass is 10.0. The Hall–Kier alpha value is -1.07. The number of nitrogens with zero attached hydrogens (tertiary/aromatic N) is 1. The van der Waals surface area contributed by atoms with Crippen molar-refractivity contribution in [1.29, 1.82) is 0 Å². The van der Waals surface area contributed by atoms with E-state index in [0.29, 0.717) is 5.75 Å². The van der Waals surface area contributed by atoms with E-state index in [1.54, 1.807) is 0 Å². The van der Waals surface area contributed by atoms with Crippen molar-refractivity contribution in [3.8, 4) is 0 Å². The zero-order chi connectivity index (χ0) is 15.8. The number of amides is 1. The Morgan fingerprint density at radius 1 is 1.32 bits per heavy atom. The second-order valence-corrected chi connectivity index (χ2v) is 7.18. The average molecular weight is 337 g/mol. The number of benzene rings is 1. The van der Waals surface area contributed by atoms with Gasteiger partial charge in [-0.05, 0) is 24.8 Å². The van der Waals surface area contributed by atoms with Crippen molar-refractivity contribution in [2.45, 2.75) is 38.6 Å². The van der Waals surface area contributed by atoms with Crippen molar-refractivity contribution in [1.82, 2.24) is 10.2 Å². The summed E-state index contributed by atoms with van der Waals surface area (Å²) in [5.41, 5.74) is 1.17. The summed E-state index contributed by atoms with van der Waals surface area (Å²) in [5, 5.41) is 3.14. The van der Waals surface area contributed by atoms with Crippen LogP contribution in [0.15, 0.2) is 30.3 Å². The molecule has 1 fully saturated rings. The Bertz CT molecular complexity index is 487. The van der Waals surface area contributed by atoms with Gasteiger partial charge < -0.3 is 10.2 Å². The van der Waals surface area contributed by atoms with Gasteiger partial charge in [-0.1, -0.05) is 67.7 Å². The van der Waals surface area contributed by atoms with Gasteiger partial charge in [-0.3, -0.25) is 4.79 Å². The molecule has 0 aliphatic carbocycles. The zero-order valence-electron chi connectivity index (χ0n) is 13.1. The maximum atomic E-state index is 12.2. The first-order valence-corrected chi connectivity index (χ1v) is 9.36. The molecule has 120 valence electrons. The lowest BCUT2D eigenvalue weighted by molar-refractivity contribution is -0.119. The third-order valence-electron chi connectivity index (χ3n) is 3.81. The van der Waals surface area contributed by atoms with Gasteiger partial charge in [0, 0.05) is 13.1 Å². The van der Waals surface area contributed by atoms with Gasteiger partial charge in [0.25, 0.3) is 0 Å². The number of thioether (sulfide) groups is 1. The molecule has 0 saturated carbocycles. The van der Waals surface area contributed by atoms with Crippen LogP contribution in [0.4, 0.5) is 0 Å². The third kappa shape index (κ3) is 5.29. The SMILES string of the molecule is CCCC(NC(=O)CSC(=S)N1CCCC1)c1ccccc1. The molecule has 1 aromatic rings. The molecule has 1 heterocycles. The van der Waals surface area contributed by atoms with Crippen LogP contribution in [-0.2, 0) is 4.79 Å². The van der Waals surface area contributed by atoms with Gasteiger partial charge in [0.1, 0.15) is 4.32 Å². The number of hydrogen-bond acceptors (Lipinski definition) is 3. The minimum absolute atomic E-state index is 0.0637. The van der Waals surface area contributed by atoms with Crippen LogP contribution in [0.25, 0.3) is 0 Å². The number of likely N-dealkylation sites (tertiary alicyclic amines) is 1. The molecule has 5 heteroatoms. The Morgan fingerprint density at radius 3 is 2.64 bits per heavy atom. The molecule has 0 bridgehead atoms. The Morgan fingerprint density at radius 2 is 2.00 bits per heavy atom. The van der Waals surface area contributed by atoms with Crippen LogP contribution in [0.5, 0.6) is 0 Å². The molecule has 2 rings (SSSR count). The van der Waals surface area contributed by atoms with E-state index in [-0.39, 0.29) is 11.9 Å². The predicted molar refractivity (Wildman–Crippen MR) is 98.1 cm³/mol. The quantitative estimate of drug-likeness (QED) is 0.802. The van der Waals surface area contributed by atoms with E-state index >= 15 is 0 Å². The van der Waals surface area contributed by atoms with Crippen molar-refractivity contribution >= 4 is 34.2 Å². The molecule has 1 aromatic carbocycles. The van der Waals surface area contributed by atoms with Crippen LogP contribution >= 0.6 is 24.0 Å². The van der Waals surface area contributed by atoms with Gasteiger partial charge in [-0.15, -0.1) is 0 Å². The molecule has 0 aromatic heterocycles. The molecule has 1 N–H and O–H groups in total. The summed E-state index contributed by atoms with van der Waals surface area (Å²) in [6.07, 6.45) is 4.41. The summed E-state index contributed by atoms with van der Waals surface area (Å²) in [7, 11) is 0. The lowest BCUT2D eigenvalue weighted by Gasteiger charge is -2.20. The number of thiocarbonyl (C=S) groups is 1. The monoisotopic (exact) mass is 336 g/mol. The number of rotatable bonds is 6. The standard InChI is InChI=1S/C17H24N2OS2/c1-2-8-15(14-9-4-3-5-10-14)18-16(20)13-22-17(21)19-11-6-7-12-19/h3-5,9-10,15H,2,6-8,11-13H2,1H3,(H,18,20). The highest BCUT2D eigenvalue weighted by molar-refractivity contribution is 8.23. The first kappa shape index (κ1) is 17.3. The average Bonchev–Trinajstić information content (AvgIpc) is 3.07. The van der Waals surface area contributed by atoms with Gasteiger partial charge in [0.05, 0.1) is 11.8 Å². The number of nitrogens with one attached hydrogen (secondary N) is 1. The molecule has 1 atom stereocenters. The van der Waals surface area contributed by atoms with Crippen molar-refractivity contribution < 1.29 is 4.79 Å². The Labute approximate surface area is 142 Å². The number of hydrogen-bond donors (Lipinski definition) is 1. The molecule has 1 saturated heterocycles. The molecule has 22 heavy (non-hydrogen) atoms. The number of carbonyl (C=O) groups excluding carboxylic acids is 1. The van der Waals surface area contributed by atoms with Crippen molar-refractivity contribution in [3.63, 3.8) is 0 Å². The summed E-state index contributed by atoms with van der Waals surface area (Å²) in [4.78, 5) is 14.4. The largest absolute Gasteiger partial charge is 0.358 e. The predicted octanol–water partition coefficient (Wildman–Crippen LogP) is 3.76. The molecule has 1 amide bonds. The topological polar surface area (TPSA) is 32.3 Å². The van der Waals surface area contributed by atoms with E-state index < -0.39 is 0 Å². The van der Waals surface area contributed by atoms with Crippen LogP contribution in [0.3, 0.4) is 0 Å². The molecule has 3 nitrogen and oxygen atoms in total. The highest BCUT2D eigenvalue weighted by Crippen LogP contribution is 2.19. The summed E-state index contributed by atoms with van der Waals surface area (Å²) >= 11 is 6.88. The van der Waals surface area contributed by atoms with Crippen LogP contribution in [-0.4, -0.2) is 34.0 Å². The summed E-state index contributed by atoms with van der Waals surface area (Å²) in [5.74, 6) is 0.469. The smallest absolute Gasteiger partial charge is 0.230 e. The highest BCUT2D eigenvalue weighted by atomic mass is 32.2. The van der Waals surface area contributed by atoms with Crippen molar-refractivity contribution in [2.75, 3.05) is 18.8 Å². The van der Waals surface area contributed by atoms with E-state index in [4.69, 9.17) is 12.2 Å². The third-order valence-corrected chi connectivity index (χ3v) is 5.33. The second kappa shape index (κ2) is 9.16. The van der Waals surface area contributed by atoms with Gasteiger partial charge in [-0.25, -0.2) is 0 Å². The van der Waals surface area contributed by atoms with Crippen LogP contribution < -0.4 is 5.32 Å². The molecule has 1 aliphatic rings. The molecule has 0 radical (unpaired) electrons. The molecule has 0 spiro atoms. The van der Waals surface area contributed by atoms with E-state index in [0.717, 1.165) is 30.3 Å². The van der Waals surface area contributed by atoms with Crippen LogP contribution in [0, 0.1) is 0 Å². The van der Waals surface area contributed by atoms with Gasteiger partial charge in [0.15, 0.2) is 0 Å². The second-order valence-electron chi connectivity index (χ2n) is 5.57. The van der Waals surface area contributed by atoms with Gasteiger partial charge in [-0.2, -0.15) is 0 Å². The van der Waals surface area contributed by atoms with E-state index in [2.05, 4.69) is 29.3 Å².